The summed E-state index contributed by atoms with van der Waals surface area (Å²) in [4.78, 5) is 38.1. The molecule has 3 amide bonds. The first-order valence-corrected chi connectivity index (χ1v) is 15.2. The minimum Gasteiger partial charge on any atom is -0.444 e. The van der Waals surface area contributed by atoms with Gasteiger partial charge in [-0.1, -0.05) is 78.9 Å². The van der Waals surface area contributed by atoms with Crippen LogP contribution in [0.25, 0.3) is 0 Å². The molecule has 0 radical (unpaired) electrons. The molecule has 0 saturated heterocycles. The van der Waals surface area contributed by atoms with Crippen LogP contribution in [0, 0.1) is 0 Å². The van der Waals surface area contributed by atoms with E-state index < -0.39 is 47.9 Å². The monoisotopic (exact) mass is 616 g/mol. The van der Waals surface area contributed by atoms with Gasteiger partial charge >= 0.3 is 6.09 Å². The van der Waals surface area contributed by atoms with E-state index in [4.69, 9.17) is 4.74 Å². The number of hydrogen-bond donors (Lipinski definition) is 6. The fraction of sp³-hybridized carbons (Fsp3) is 0.400. The van der Waals surface area contributed by atoms with Gasteiger partial charge in [0.2, 0.25) is 11.8 Å². The standard InChI is InChI=1S/C35H44N4O6/c1-22(40)36-20-24-14-16-25(17-15-24)21-37-31(33(43)39-30-27-13-9-8-12-26(27)19-29(30)41)32(42)28(18-23-10-6-5-7-11-23)38-34(44)45-35(2,3)4/h5-17,28-32,37,41-42H,18-21H2,1-4H3,(H,36,40)(H,38,44)(H,39,43)/t28-,29+,30?,31+,32+/m0/s1. The number of hydrogen-bond acceptors (Lipinski definition) is 7. The van der Waals surface area contributed by atoms with Crippen molar-refractivity contribution in [1.29, 1.82) is 0 Å². The zero-order chi connectivity index (χ0) is 32.6. The van der Waals surface area contributed by atoms with Crippen LogP contribution in [0.5, 0.6) is 0 Å². The minimum atomic E-state index is -1.38. The predicted octanol–water partition coefficient (Wildman–Crippen LogP) is 3.05. The summed E-state index contributed by atoms with van der Waals surface area (Å²) in [6.45, 7) is 7.33. The van der Waals surface area contributed by atoms with Gasteiger partial charge in [0, 0.05) is 26.4 Å². The Kier molecular flexibility index (Phi) is 11.3. The normalized spacial score (nSPS) is 17.8. The van der Waals surface area contributed by atoms with Crippen molar-refractivity contribution in [2.75, 3.05) is 0 Å². The quantitative estimate of drug-likeness (QED) is 0.183. The van der Waals surface area contributed by atoms with Gasteiger partial charge in [-0.15, -0.1) is 0 Å². The first-order valence-electron chi connectivity index (χ1n) is 15.2. The minimum absolute atomic E-state index is 0.122. The fourth-order valence-electron chi connectivity index (χ4n) is 5.41. The molecule has 4 rings (SSSR count). The summed E-state index contributed by atoms with van der Waals surface area (Å²) in [5, 5.41) is 34.4. The Balaban J connectivity index is 1.58. The van der Waals surface area contributed by atoms with Gasteiger partial charge in [0.05, 0.1) is 24.3 Å². The summed E-state index contributed by atoms with van der Waals surface area (Å²) in [6.07, 6.45) is -2.27. The lowest BCUT2D eigenvalue weighted by Crippen LogP contribution is -2.60. The first kappa shape index (κ1) is 33.6. The van der Waals surface area contributed by atoms with Crippen molar-refractivity contribution in [3.63, 3.8) is 0 Å². The molecule has 3 aromatic carbocycles. The van der Waals surface area contributed by atoms with Crippen LogP contribution < -0.4 is 21.3 Å². The van der Waals surface area contributed by atoms with Gasteiger partial charge in [-0.05, 0) is 55.0 Å². The summed E-state index contributed by atoms with van der Waals surface area (Å²) >= 11 is 0. The number of aliphatic hydroxyl groups is 2. The lowest BCUT2D eigenvalue weighted by Gasteiger charge is -2.32. The smallest absolute Gasteiger partial charge is 0.407 e. The summed E-state index contributed by atoms with van der Waals surface area (Å²) in [5.74, 6) is -0.641. The Morgan fingerprint density at radius 2 is 1.51 bits per heavy atom. The Morgan fingerprint density at radius 1 is 0.889 bits per heavy atom. The van der Waals surface area contributed by atoms with E-state index in [-0.39, 0.29) is 18.9 Å². The molecule has 5 atom stereocenters. The van der Waals surface area contributed by atoms with Crippen LogP contribution in [0.2, 0.25) is 0 Å². The van der Waals surface area contributed by atoms with Gasteiger partial charge in [-0.25, -0.2) is 4.79 Å². The highest BCUT2D eigenvalue weighted by Gasteiger charge is 2.38. The van der Waals surface area contributed by atoms with Crippen molar-refractivity contribution < 1.29 is 29.3 Å². The second-order valence-electron chi connectivity index (χ2n) is 12.5. The molecule has 1 unspecified atom stereocenters. The number of nitrogens with one attached hydrogen (secondary N) is 4. The molecule has 45 heavy (non-hydrogen) atoms. The Hall–Kier alpha value is -4.25. The second kappa shape index (κ2) is 15.2. The van der Waals surface area contributed by atoms with E-state index in [1.807, 2.05) is 78.9 Å². The lowest BCUT2D eigenvalue weighted by atomic mass is 9.95. The van der Waals surface area contributed by atoms with E-state index >= 15 is 0 Å². The van der Waals surface area contributed by atoms with Crippen LogP contribution in [-0.4, -0.2) is 58.0 Å². The topological polar surface area (TPSA) is 149 Å². The number of amides is 3. The first-order chi connectivity index (χ1) is 21.4. The molecular weight excluding hydrogens is 572 g/mol. The van der Waals surface area contributed by atoms with Crippen molar-refractivity contribution >= 4 is 17.9 Å². The molecule has 0 fully saturated rings. The van der Waals surface area contributed by atoms with Gasteiger partial charge in [0.25, 0.3) is 0 Å². The van der Waals surface area contributed by atoms with E-state index in [1.54, 1.807) is 20.8 Å². The van der Waals surface area contributed by atoms with E-state index in [9.17, 15) is 24.6 Å². The number of aliphatic hydroxyl groups excluding tert-OH is 2. The third kappa shape index (κ3) is 9.87. The Morgan fingerprint density at radius 3 is 2.16 bits per heavy atom. The van der Waals surface area contributed by atoms with Gasteiger partial charge in [-0.2, -0.15) is 0 Å². The van der Waals surface area contributed by atoms with E-state index in [1.165, 1.54) is 6.92 Å². The van der Waals surface area contributed by atoms with Gasteiger partial charge in [0.15, 0.2) is 0 Å². The van der Waals surface area contributed by atoms with E-state index in [0.717, 1.165) is 27.8 Å². The highest BCUT2D eigenvalue weighted by molar-refractivity contribution is 5.83. The SMILES string of the molecule is CC(=O)NCc1ccc(CN[C@@H](C(=O)NC2c3ccccc3C[C@H]2O)[C@H](O)[C@H](Cc2ccccc2)NC(=O)OC(C)(C)C)cc1. The Labute approximate surface area is 264 Å². The predicted molar refractivity (Wildman–Crippen MR) is 171 cm³/mol. The number of carbonyl (C=O) groups is 3. The maximum atomic E-state index is 14.0. The van der Waals surface area contributed by atoms with Crippen LogP contribution in [-0.2, 0) is 40.3 Å². The van der Waals surface area contributed by atoms with Crippen molar-refractivity contribution in [2.45, 2.75) is 89.6 Å². The molecule has 10 nitrogen and oxygen atoms in total. The molecule has 6 N–H and O–H groups in total. The number of carbonyl (C=O) groups excluding carboxylic acids is 3. The molecule has 240 valence electrons. The fourth-order valence-corrected chi connectivity index (χ4v) is 5.41. The molecule has 0 aromatic heterocycles. The molecule has 3 aromatic rings. The van der Waals surface area contributed by atoms with Crippen LogP contribution in [0.4, 0.5) is 4.79 Å². The maximum Gasteiger partial charge on any atom is 0.407 e. The van der Waals surface area contributed by atoms with Crippen molar-refractivity contribution in [2.24, 2.45) is 0 Å². The van der Waals surface area contributed by atoms with Crippen LogP contribution in [0.3, 0.4) is 0 Å². The molecule has 0 heterocycles. The highest BCUT2D eigenvalue weighted by atomic mass is 16.6. The zero-order valence-electron chi connectivity index (χ0n) is 26.2. The van der Waals surface area contributed by atoms with E-state index in [0.29, 0.717) is 13.0 Å². The number of ether oxygens (including phenoxy) is 1. The zero-order valence-corrected chi connectivity index (χ0v) is 26.2. The molecule has 0 saturated carbocycles. The average Bonchev–Trinajstić information content (AvgIpc) is 3.30. The molecule has 0 spiro atoms. The molecule has 0 bridgehead atoms. The number of fused-ring (bicyclic) bond motifs is 1. The molecule has 1 aliphatic rings. The van der Waals surface area contributed by atoms with Gasteiger partial charge < -0.3 is 30.9 Å². The van der Waals surface area contributed by atoms with Crippen molar-refractivity contribution in [3.05, 3.63) is 107 Å². The molecular formula is C35H44N4O6. The molecule has 0 aliphatic heterocycles. The van der Waals surface area contributed by atoms with E-state index in [2.05, 4.69) is 21.3 Å². The number of alkyl carbamates (subject to hydrolysis) is 1. The number of benzene rings is 3. The Bertz CT molecular complexity index is 1440. The highest BCUT2D eigenvalue weighted by Crippen LogP contribution is 2.31. The van der Waals surface area contributed by atoms with Crippen LogP contribution >= 0.6 is 0 Å². The summed E-state index contributed by atoms with van der Waals surface area (Å²) < 4.78 is 5.49. The molecule has 10 heteroatoms. The second-order valence-corrected chi connectivity index (χ2v) is 12.5. The summed E-state index contributed by atoms with van der Waals surface area (Å²) in [6, 6.07) is 21.7. The maximum absolute atomic E-state index is 14.0. The molecule has 1 aliphatic carbocycles. The van der Waals surface area contributed by atoms with Crippen LogP contribution in [0.1, 0.15) is 61.6 Å². The number of rotatable bonds is 12. The summed E-state index contributed by atoms with van der Waals surface area (Å²) in [7, 11) is 0. The third-order valence-corrected chi connectivity index (χ3v) is 7.63. The lowest BCUT2D eigenvalue weighted by molar-refractivity contribution is -0.128. The average molecular weight is 617 g/mol. The van der Waals surface area contributed by atoms with Crippen molar-refractivity contribution in [1.82, 2.24) is 21.3 Å². The van der Waals surface area contributed by atoms with Gasteiger partial charge in [-0.3, -0.25) is 14.9 Å². The largest absolute Gasteiger partial charge is 0.444 e. The van der Waals surface area contributed by atoms with Crippen molar-refractivity contribution in [3.8, 4) is 0 Å². The van der Waals surface area contributed by atoms with Gasteiger partial charge in [0.1, 0.15) is 11.6 Å². The van der Waals surface area contributed by atoms with Crippen LogP contribution in [0.15, 0.2) is 78.9 Å². The third-order valence-electron chi connectivity index (χ3n) is 7.63. The summed E-state index contributed by atoms with van der Waals surface area (Å²) in [5.41, 5.74) is 3.63.